The third-order valence-electron chi connectivity index (χ3n) is 4.75. The van der Waals surface area contributed by atoms with Crippen LogP contribution in [-0.4, -0.2) is 75.2 Å². The molecule has 2 rings (SSSR count). The van der Waals surface area contributed by atoms with Crippen molar-refractivity contribution in [3.63, 3.8) is 0 Å². The number of anilines is 2. The van der Waals surface area contributed by atoms with Gasteiger partial charge in [0.05, 0.1) is 11.4 Å². The number of urea groups is 1. The van der Waals surface area contributed by atoms with Crippen molar-refractivity contribution in [2.45, 2.75) is 19.9 Å². The van der Waals surface area contributed by atoms with Crippen LogP contribution in [0.25, 0.3) is 0 Å². The fraction of sp³-hybridized carbons (Fsp3) is 0.611. The van der Waals surface area contributed by atoms with Crippen molar-refractivity contribution in [3.05, 3.63) is 24.3 Å². The van der Waals surface area contributed by atoms with Crippen LogP contribution in [0, 0.1) is 0 Å². The first-order chi connectivity index (χ1) is 11.5. The van der Waals surface area contributed by atoms with Crippen LogP contribution in [0.3, 0.4) is 0 Å². The minimum absolute atomic E-state index is 0.150. The molecule has 1 unspecified atom stereocenters. The van der Waals surface area contributed by atoms with E-state index in [-0.39, 0.29) is 6.03 Å². The third-order valence-corrected chi connectivity index (χ3v) is 4.75. The predicted octanol–water partition coefficient (Wildman–Crippen LogP) is 1.90. The van der Waals surface area contributed by atoms with Gasteiger partial charge in [-0.3, -0.25) is 0 Å². The van der Waals surface area contributed by atoms with Gasteiger partial charge in [-0.2, -0.15) is 0 Å². The van der Waals surface area contributed by atoms with Gasteiger partial charge in [0, 0.05) is 38.8 Å². The van der Waals surface area contributed by atoms with Gasteiger partial charge in [-0.1, -0.05) is 19.1 Å². The molecule has 1 aromatic rings. The van der Waals surface area contributed by atoms with Crippen LogP contribution in [0.2, 0.25) is 0 Å². The van der Waals surface area contributed by atoms with E-state index in [9.17, 15) is 4.79 Å². The molecule has 0 bridgehead atoms. The Morgan fingerprint density at radius 2 is 1.88 bits per heavy atom. The zero-order chi connectivity index (χ0) is 17.5. The summed E-state index contributed by atoms with van der Waals surface area (Å²) in [4.78, 5) is 19.1. The van der Waals surface area contributed by atoms with E-state index in [1.807, 2.05) is 32.3 Å². The van der Waals surface area contributed by atoms with Gasteiger partial charge in [-0.05, 0) is 39.7 Å². The van der Waals surface area contributed by atoms with Crippen molar-refractivity contribution in [2.75, 3.05) is 63.6 Å². The van der Waals surface area contributed by atoms with E-state index >= 15 is 0 Å². The van der Waals surface area contributed by atoms with Gasteiger partial charge < -0.3 is 25.3 Å². The number of nitrogens with one attached hydrogen (secondary N) is 2. The maximum Gasteiger partial charge on any atom is 0.319 e. The lowest BCUT2D eigenvalue weighted by Crippen LogP contribution is -2.46. The molecule has 0 saturated carbocycles. The normalized spacial score (nSPS) is 17.0. The van der Waals surface area contributed by atoms with Gasteiger partial charge in [0.1, 0.15) is 0 Å². The smallest absolute Gasteiger partial charge is 0.319 e. The van der Waals surface area contributed by atoms with Crippen molar-refractivity contribution in [1.82, 2.24) is 15.1 Å². The van der Waals surface area contributed by atoms with Crippen LogP contribution >= 0.6 is 0 Å². The third kappa shape index (κ3) is 5.11. The SMILES string of the molecule is CCN1CCN(c2ccccc2NC(=O)NCC(C)N(C)C)CC1. The van der Waals surface area contributed by atoms with Crippen molar-refractivity contribution >= 4 is 17.4 Å². The Kier molecular flexibility index (Phi) is 6.87. The van der Waals surface area contributed by atoms with Crippen molar-refractivity contribution < 1.29 is 4.79 Å². The first kappa shape index (κ1) is 18.5. The highest BCUT2D eigenvalue weighted by Crippen LogP contribution is 2.26. The molecule has 1 aliphatic heterocycles. The molecule has 0 aliphatic carbocycles. The first-order valence-corrected chi connectivity index (χ1v) is 8.79. The fourth-order valence-corrected chi connectivity index (χ4v) is 2.75. The summed E-state index contributed by atoms with van der Waals surface area (Å²) < 4.78 is 0. The Balaban J connectivity index is 1.95. The molecule has 6 heteroatoms. The molecule has 24 heavy (non-hydrogen) atoms. The van der Waals surface area contributed by atoms with Crippen LogP contribution in [0.5, 0.6) is 0 Å². The second-order valence-corrected chi connectivity index (χ2v) is 6.59. The molecular weight excluding hydrogens is 302 g/mol. The first-order valence-electron chi connectivity index (χ1n) is 8.79. The molecule has 0 spiro atoms. The lowest BCUT2D eigenvalue weighted by atomic mass is 10.2. The van der Waals surface area contributed by atoms with Crippen LogP contribution in [0.15, 0.2) is 24.3 Å². The molecule has 1 fully saturated rings. The van der Waals surface area contributed by atoms with E-state index in [0.29, 0.717) is 12.6 Å². The van der Waals surface area contributed by atoms with E-state index < -0.39 is 0 Å². The lowest BCUT2D eigenvalue weighted by Gasteiger charge is -2.36. The molecular formula is C18H31N5O. The summed E-state index contributed by atoms with van der Waals surface area (Å²) in [5.74, 6) is 0. The van der Waals surface area contributed by atoms with Gasteiger partial charge in [-0.15, -0.1) is 0 Å². The molecule has 1 atom stereocenters. The highest BCUT2D eigenvalue weighted by molar-refractivity contribution is 5.93. The molecule has 6 nitrogen and oxygen atoms in total. The van der Waals surface area contributed by atoms with Crippen LogP contribution in [0.4, 0.5) is 16.2 Å². The van der Waals surface area contributed by atoms with Crippen molar-refractivity contribution in [2.24, 2.45) is 0 Å². The van der Waals surface area contributed by atoms with E-state index in [4.69, 9.17) is 0 Å². The minimum atomic E-state index is -0.150. The quantitative estimate of drug-likeness (QED) is 0.835. The second kappa shape index (κ2) is 8.89. The second-order valence-electron chi connectivity index (χ2n) is 6.59. The summed E-state index contributed by atoms with van der Waals surface area (Å²) in [6, 6.07) is 8.19. The average molecular weight is 333 g/mol. The summed E-state index contributed by atoms with van der Waals surface area (Å²) in [5, 5.41) is 5.94. The van der Waals surface area contributed by atoms with Crippen molar-refractivity contribution in [3.8, 4) is 0 Å². The van der Waals surface area contributed by atoms with Crippen molar-refractivity contribution in [1.29, 1.82) is 0 Å². The molecule has 134 valence electrons. The topological polar surface area (TPSA) is 50.9 Å². The minimum Gasteiger partial charge on any atom is -0.367 e. The number of hydrogen-bond acceptors (Lipinski definition) is 4. The molecule has 0 radical (unpaired) electrons. The van der Waals surface area contributed by atoms with Crippen LogP contribution in [-0.2, 0) is 0 Å². The van der Waals surface area contributed by atoms with Gasteiger partial charge in [0.15, 0.2) is 0 Å². The number of hydrogen-bond donors (Lipinski definition) is 2. The highest BCUT2D eigenvalue weighted by Gasteiger charge is 2.18. The Hall–Kier alpha value is -1.79. The molecule has 2 amide bonds. The standard InChI is InChI=1S/C18H31N5O/c1-5-22-10-12-23(13-11-22)17-9-7-6-8-16(17)20-18(24)19-14-15(2)21(3)4/h6-9,15H,5,10-14H2,1-4H3,(H2,19,20,24). The molecule has 0 aromatic heterocycles. The number of piperazine rings is 1. The Labute approximate surface area is 145 Å². The van der Waals surface area contributed by atoms with Gasteiger partial charge in [-0.25, -0.2) is 4.79 Å². The number of carbonyl (C=O) groups is 1. The number of benzene rings is 1. The van der Waals surface area contributed by atoms with E-state index in [0.717, 1.165) is 44.1 Å². The van der Waals surface area contributed by atoms with Gasteiger partial charge in [0.25, 0.3) is 0 Å². The zero-order valence-corrected chi connectivity index (χ0v) is 15.4. The predicted molar refractivity (Wildman–Crippen MR) is 101 cm³/mol. The maximum atomic E-state index is 12.2. The van der Waals surface area contributed by atoms with Crippen LogP contribution < -0.4 is 15.5 Å². The molecule has 1 aliphatic rings. The molecule has 2 N–H and O–H groups in total. The number of amides is 2. The Morgan fingerprint density at radius 1 is 1.21 bits per heavy atom. The molecule has 1 aromatic carbocycles. The number of nitrogens with zero attached hydrogens (tertiary/aromatic N) is 3. The lowest BCUT2D eigenvalue weighted by molar-refractivity contribution is 0.245. The Bertz CT molecular complexity index is 526. The average Bonchev–Trinajstić information content (AvgIpc) is 2.60. The summed E-state index contributed by atoms with van der Waals surface area (Å²) >= 11 is 0. The largest absolute Gasteiger partial charge is 0.367 e. The highest BCUT2D eigenvalue weighted by atomic mass is 16.2. The van der Waals surface area contributed by atoms with E-state index in [2.05, 4.69) is 45.2 Å². The zero-order valence-electron chi connectivity index (χ0n) is 15.4. The summed E-state index contributed by atoms with van der Waals surface area (Å²) in [5.41, 5.74) is 1.97. The molecule has 1 saturated heterocycles. The molecule has 1 heterocycles. The maximum absolute atomic E-state index is 12.2. The van der Waals surface area contributed by atoms with Crippen LogP contribution in [0.1, 0.15) is 13.8 Å². The van der Waals surface area contributed by atoms with Gasteiger partial charge >= 0.3 is 6.03 Å². The number of para-hydroxylation sites is 2. The van der Waals surface area contributed by atoms with Gasteiger partial charge in [0.2, 0.25) is 0 Å². The summed E-state index contributed by atoms with van der Waals surface area (Å²) in [6.07, 6.45) is 0. The number of likely N-dealkylation sites (N-methyl/N-ethyl adjacent to an activating group) is 2. The van der Waals surface area contributed by atoms with E-state index in [1.54, 1.807) is 0 Å². The van der Waals surface area contributed by atoms with E-state index in [1.165, 1.54) is 0 Å². The summed E-state index contributed by atoms with van der Waals surface area (Å²) in [7, 11) is 4.02. The summed E-state index contributed by atoms with van der Waals surface area (Å²) in [6.45, 7) is 10.1. The fourth-order valence-electron chi connectivity index (χ4n) is 2.75. The Morgan fingerprint density at radius 3 is 2.50 bits per heavy atom. The number of rotatable bonds is 6. The monoisotopic (exact) mass is 333 g/mol. The number of carbonyl (C=O) groups excluding carboxylic acids is 1.